The summed E-state index contributed by atoms with van der Waals surface area (Å²) in [5.74, 6) is -3.37. The van der Waals surface area contributed by atoms with Crippen LogP contribution in [0.1, 0.15) is 26.3 Å². The van der Waals surface area contributed by atoms with Gasteiger partial charge < -0.3 is 14.2 Å². The highest BCUT2D eigenvalue weighted by Gasteiger charge is 2.38. The molecule has 0 atom stereocenters. The monoisotopic (exact) mass is 294 g/mol. The van der Waals surface area contributed by atoms with Crippen molar-refractivity contribution in [3.63, 3.8) is 0 Å². The number of rotatable bonds is 3. The molecule has 6 heteroatoms. The van der Waals surface area contributed by atoms with Gasteiger partial charge in [-0.3, -0.25) is 0 Å². The summed E-state index contributed by atoms with van der Waals surface area (Å²) < 4.78 is 28.7. The highest BCUT2D eigenvalue weighted by molar-refractivity contribution is 6.18. The number of halogens is 1. The lowest BCUT2D eigenvalue weighted by Gasteiger charge is -2.29. The highest BCUT2D eigenvalue weighted by atomic mass is 19.1. The van der Waals surface area contributed by atoms with Crippen LogP contribution in [0.4, 0.5) is 4.39 Å². The Hall–Kier alpha value is -2.37. The average Bonchev–Trinajstić information content (AvgIpc) is 2.36. The molecule has 1 aliphatic heterocycles. The maximum Gasteiger partial charge on any atom is 0.348 e. The van der Waals surface area contributed by atoms with Crippen molar-refractivity contribution in [2.24, 2.45) is 0 Å². The van der Waals surface area contributed by atoms with E-state index in [0.29, 0.717) is 12.2 Å². The molecule has 0 saturated carbocycles. The van der Waals surface area contributed by atoms with Gasteiger partial charge in [0.05, 0.1) is 6.61 Å². The van der Waals surface area contributed by atoms with Gasteiger partial charge in [-0.05, 0) is 30.7 Å². The number of carbonyl (C=O) groups excluding carboxylic acids is 2. The molecule has 1 aliphatic rings. The fourth-order valence-electron chi connectivity index (χ4n) is 1.82. The van der Waals surface area contributed by atoms with E-state index in [9.17, 15) is 14.0 Å². The Morgan fingerprint density at radius 3 is 2.38 bits per heavy atom. The SMILES string of the molecule is CCOc1ccc(C=C2C(=O)OC(C)(C)OC2=O)cc1F. The molecular weight excluding hydrogens is 279 g/mol. The summed E-state index contributed by atoms with van der Waals surface area (Å²) in [6.45, 7) is 4.99. The van der Waals surface area contributed by atoms with Gasteiger partial charge in [0.25, 0.3) is 5.79 Å². The molecule has 21 heavy (non-hydrogen) atoms. The maximum absolute atomic E-state index is 13.7. The molecule has 0 N–H and O–H groups in total. The number of ether oxygens (including phenoxy) is 3. The molecule has 0 spiro atoms. The normalized spacial score (nSPS) is 17.0. The van der Waals surface area contributed by atoms with E-state index in [1.165, 1.54) is 32.1 Å². The van der Waals surface area contributed by atoms with Gasteiger partial charge in [-0.1, -0.05) is 6.07 Å². The predicted octanol–water partition coefficient (Wildman–Crippen LogP) is 2.44. The Balaban J connectivity index is 2.29. The average molecular weight is 294 g/mol. The molecule has 0 amide bonds. The Morgan fingerprint density at radius 1 is 1.24 bits per heavy atom. The zero-order valence-electron chi connectivity index (χ0n) is 11.9. The van der Waals surface area contributed by atoms with Crippen molar-refractivity contribution in [3.05, 3.63) is 35.2 Å². The second-order valence-electron chi connectivity index (χ2n) is 4.86. The number of cyclic esters (lactones) is 2. The zero-order valence-corrected chi connectivity index (χ0v) is 11.9. The van der Waals surface area contributed by atoms with Gasteiger partial charge in [-0.2, -0.15) is 0 Å². The van der Waals surface area contributed by atoms with Crippen LogP contribution >= 0.6 is 0 Å². The summed E-state index contributed by atoms with van der Waals surface area (Å²) in [4.78, 5) is 23.5. The van der Waals surface area contributed by atoms with Gasteiger partial charge in [-0.25, -0.2) is 14.0 Å². The van der Waals surface area contributed by atoms with Crippen molar-refractivity contribution < 1.29 is 28.2 Å². The zero-order chi connectivity index (χ0) is 15.6. The first kappa shape index (κ1) is 15.0. The van der Waals surface area contributed by atoms with Crippen LogP contribution < -0.4 is 4.74 Å². The molecule has 0 bridgehead atoms. The van der Waals surface area contributed by atoms with E-state index in [0.717, 1.165) is 6.07 Å². The van der Waals surface area contributed by atoms with Crippen LogP contribution in [0, 0.1) is 5.82 Å². The van der Waals surface area contributed by atoms with Crippen LogP contribution in [0.3, 0.4) is 0 Å². The van der Waals surface area contributed by atoms with Gasteiger partial charge in [0.2, 0.25) is 0 Å². The summed E-state index contributed by atoms with van der Waals surface area (Å²) in [6, 6.07) is 4.12. The van der Waals surface area contributed by atoms with E-state index in [4.69, 9.17) is 14.2 Å². The molecule has 0 radical (unpaired) electrons. The second kappa shape index (κ2) is 5.55. The summed E-state index contributed by atoms with van der Waals surface area (Å²) in [5.41, 5.74) is 0.0532. The molecule has 0 aliphatic carbocycles. The number of carbonyl (C=O) groups is 2. The van der Waals surface area contributed by atoms with E-state index in [2.05, 4.69) is 0 Å². The molecule has 0 aromatic heterocycles. The summed E-state index contributed by atoms with van der Waals surface area (Å²) in [7, 11) is 0. The van der Waals surface area contributed by atoms with Crippen LogP contribution in [0.25, 0.3) is 6.08 Å². The molecule has 5 nitrogen and oxygen atoms in total. The first-order chi connectivity index (χ1) is 9.82. The quantitative estimate of drug-likeness (QED) is 0.487. The third-order valence-corrected chi connectivity index (χ3v) is 2.68. The molecule has 112 valence electrons. The topological polar surface area (TPSA) is 61.8 Å². The van der Waals surface area contributed by atoms with Gasteiger partial charge in [0.1, 0.15) is 5.57 Å². The van der Waals surface area contributed by atoms with Gasteiger partial charge in [-0.15, -0.1) is 0 Å². The van der Waals surface area contributed by atoms with E-state index < -0.39 is 23.5 Å². The van der Waals surface area contributed by atoms with Crippen molar-refractivity contribution in [1.29, 1.82) is 0 Å². The largest absolute Gasteiger partial charge is 0.491 e. The molecule has 1 heterocycles. The minimum absolute atomic E-state index is 0.106. The van der Waals surface area contributed by atoms with Crippen molar-refractivity contribution >= 4 is 18.0 Å². The third kappa shape index (κ3) is 3.39. The number of hydrogen-bond acceptors (Lipinski definition) is 5. The molecule has 1 fully saturated rings. The minimum Gasteiger partial charge on any atom is -0.491 e. The van der Waals surface area contributed by atoms with Crippen LogP contribution in [-0.4, -0.2) is 24.3 Å². The van der Waals surface area contributed by atoms with Crippen molar-refractivity contribution in [2.45, 2.75) is 26.6 Å². The van der Waals surface area contributed by atoms with Crippen molar-refractivity contribution in [3.8, 4) is 5.75 Å². The lowest BCUT2D eigenvalue weighted by atomic mass is 10.1. The maximum atomic E-state index is 13.7. The van der Waals surface area contributed by atoms with Gasteiger partial charge in [0, 0.05) is 13.8 Å². The Morgan fingerprint density at radius 2 is 1.86 bits per heavy atom. The van der Waals surface area contributed by atoms with E-state index in [1.54, 1.807) is 6.92 Å². The second-order valence-corrected chi connectivity index (χ2v) is 4.86. The third-order valence-electron chi connectivity index (χ3n) is 2.68. The Labute approximate surface area is 121 Å². The predicted molar refractivity (Wildman–Crippen MR) is 71.8 cm³/mol. The Bertz CT molecular complexity index is 596. The first-order valence-corrected chi connectivity index (χ1v) is 6.43. The lowest BCUT2D eigenvalue weighted by Crippen LogP contribution is -2.41. The van der Waals surface area contributed by atoms with Crippen LogP contribution in [0.15, 0.2) is 23.8 Å². The van der Waals surface area contributed by atoms with E-state index in [1.807, 2.05) is 0 Å². The molecule has 1 saturated heterocycles. The fraction of sp³-hybridized carbons (Fsp3) is 0.333. The number of esters is 2. The van der Waals surface area contributed by atoms with Crippen LogP contribution in [-0.2, 0) is 19.1 Å². The number of benzene rings is 1. The Kier molecular flexibility index (Phi) is 3.97. The van der Waals surface area contributed by atoms with Crippen molar-refractivity contribution in [1.82, 2.24) is 0 Å². The fourth-order valence-corrected chi connectivity index (χ4v) is 1.82. The van der Waals surface area contributed by atoms with E-state index >= 15 is 0 Å². The summed E-state index contributed by atoms with van der Waals surface area (Å²) in [5, 5.41) is 0. The highest BCUT2D eigenvalue weighted by Crippen LogP contribution is 2.25. The summed E-state index contributed by atoms with van der Waals surface area (Å²) >= 11 is 0. The van der Waals surface area contributed by atoms with Crippen LogP contribution in [0.5, 0.6) is 5.75 Å². The standard InChI is InChI=1S/C15H15FO5/c1-4-19-12-6-5-9(8-11(12)16)7-10-13(17)20-15(2,3)21-14(10)18/h5-8H,4H2,1-3H3. The van der Waals surface area contributed by atoms with E-state index in [-0.39, 0.29) is 11.3 Å². The van der Waals surface area contributed by atoms with Crippen molar-refractivity contribution in [2.75, 3.05) is 6.61 Å². The molecule has 2 rings (SSSR count). The molecule has 0 unspecified atom stereocenters. The summed E-state index contributed by atoms with van der Waals surface area (Å²) in [6.07, 6.45) is 1.22. The molecular formula is C15H15FO5. The number of hydrogen-bond donors (Lipinski definition) is 0. The minimum atomic E-state index is -1.30. The first-order valence-electron chi connectivity index (χ1n) is 6.43. The molecule has 1 aromatic carbocycles. The molecule has 1 aromatic rings. The van der Waals surface area contributed by atoms with Gasteiger partial charge in [0.15, 0.2) is 11.6 Å². The van der Waals surface area contributed by atoms with Crippen LogP contribution in [0.2, 0.25) is 0 Å². The smallest absolute Gasteiger partial charge is 0.348 e. The van der Waals surface area contributed by atoms with Gasteiger partial charge >= 0.3 is 11.9 Å². The lowest BCUT2D eigenvalue weighted by molar-refractivity contribution is -0.222.